The zero-order chi connectivity index (χ0) is 22.6. The fourth-order valence-corrected chi connectivity index (χ4v) is 6.02. The molecular weight excluding hydrogens is 444 g/mol. The molecule has 1 aromatic heterocycles. The van der Waals surface area contributed by atoms with Crippen molar-refractivity contribution in [3.8, 4) is 5.75 Å². The molecule has 170 valence electrons. The van der Waals surface area contributed by atoms with Crippen LogP contribution in [0.5, 0.6) is 5.75 Å². The maximum absolute atomic E-state index is 13.5. The van der Waals surface area contributed by atoms with Crippen LogP contribution in [0.25, 0.3) is 0 Å². The normalized spacial score (nSPS) is 18.0. The van der Waals surface area contributed by atoms with Gasteiger partial charge in [0.25, 0.3) is 15.9 Å². The van der Waals surface area contributed by atoms with Gasteiger partial charge in [0.1, 0.15) is 5.75 Å². The van der Waals surface area contributed by atoms with Gasteiger partial charge in [-0.3, -0.25) is 14.0 Å². The Morgan fingerprint density at radius 3 is 2.76 bits per heavy atom. The third-order valence-electron chi connectivity index (χ3n) is 6.54. The Kier molecular flexibility index (Phi) is 4.65. The number of ether oxygens (including phenoxy) is 1. The van der Waals surface area contributed by atoms with Crippen LogP contribution in [0.1, 0.15) is 42.5 Å². The summed E-state index contributed by atoms with van der Waals surface area (Å²) in [5, 5.41) is 4.03. The van der Waals surface area contributed by atoms with Gasteiger partial charge >= 0.3 is 0 Å². The Hall–Kier alpha value is -3.40. The second kappa shape index (κ2) is 7.58. The van der Waals surface area contributed by atoms with Crippen LogP contribution in [0, 0.1) is 0 Å². The summed E-state index contributed by atoms with van der Waals surface area (Å²) in [6.45, 7) is 0.331. The minimum Gasteiger partial charge on any atom is -0.482 e. The minimum atomic E-state index is -3.81. The number of aromatic nitrogens is 2. The third kappa shape index (κ3) is 3.36. The van der Waals surface area contributed by atoms with Gasteiger partial charge in [-0.25, -0.2) is 8.42 Å². The summed E-state index contributed by atoms with van der Waals surface area (Å²) < 4.78 is 39.3. The number of para-hydroxylation sites is 1. The van der Waals surface area contributed by atoms with Crippen molar-refractivity contribution in [3.05, 3.63) is 59.7 Å². The van der Waals surface area contributed by atoms with E-state index in [2.05, 4.69) is 10.1 Å². The number of anilines is 2. The van der Waals surface area contributed by atoms with Gasteiger partial charge in [-0.05, 0) is 49.1 Å². The fraction of sp³-hybridized carbons (Fsp3) is 0.348. The topological polar surface area (TPSA) is 106 Å². The van der Waals surface area contributed by atoms with Crippen LogP contribution in [0.4, 0.5) is 11.4 Å². The molecule has 10 heteroatoms. The van der Waals surface area contributed by atoms with E-state index in [1.807, 2.05) is 24.3 Å². The number of fused-ring (bicyclic) bond motifs is 2. The molecule has 3 aliphatic rings. The number of nitrogens with zero attached hydrogens (tertiary/aromatic N) is 4. The van der Waals surface area contributed by atoms with Gasteiger partial charge in [-0.15, -0.1) is 0 Å². The van der Waals surface area contributed by atoms with Crippen molar-refractivity contribution in [2.24, 2.45) is 0 Å². The Bertz CT molecular complexity index is 1350. The van der Waals surface area contributed by atoms with Crippen LogP contribution in [-0.2, 0) is 27.8 Å². The molecule has 1 saturated carbocycles. The fourth-order valence-electron chi connectivity index (χ4n) is 4.49. The highest BCUT2D eigenvalue weighted by Crippen LogP contribution is 2.39. The van der Waals surface area contributed by atoms with E-state index < -0.39 is 10.0 Å². The first-order valence-electron chi connectivity index (χ1n) is 11.0. The monoisotopic (exact) mass is 466 g/mol. The van der Waals surface area contributed by atoms with Gasteiger partial charge in [-0.2, -0.15) is 4.98 Å². The number of benzene rings is 2. The lowest BCUT2D eigenvalue weighted by atomic mass is 9.85. The summed E-state index contributed by atoms with van der Waals surface area (Å²) in [5.74, 6) is 1.43. The molecule has 0 unspecified atom stereocenters. The van der Waals surface area contributed by atoms with E-state index in [4.69, 9.17) is 9.26 Å². The molecule has 1 amide bonds. The van der Waals surface area contributed by atoms with Crippen molar-refractivity contribution in [2.45, 2.75) is 43.0 Å². The van der Waals surface area contributed by atoms with E-state index in [9.17, 15) is 13.2 Å². The highest BCUT2D eigenvalue weighted by Gasteiger charge is 2.34. The highest BCUT2D eigenvalue weighted by atomic mass is 32.2. The summed E-state index contributed by atoms with van der Waals surface area (Å²) in [5.41, 5.74) is 2.07. The van der Waals surface area contributed by atoms with Crippen molar-refractivity contribution in [3.63, 3.8) is 0 Å². The van der Waals surface area contributed by atoms with E-state index in [0.717, 1.165) is 24.8 Å². The second-order valence-corrected chi connectivity index (χ2v) is 10.4. The molecular formula is C23H22N4O5S. The second-order valence-electron chi connectivity index (χ2n) is 8.53. The molecule has 0 saturated heterocycles. The van der Waals surface area contributed by atoms with Gasteiger partial charge in [0.2, 0.25) is 5.89 Å². The van der Waals surface area contributed by atoms with E-state index in [0.29, 0.717) is 47.7 Å². The van der Waals surface area contributed by atoms with Crippen LogP contribution in [0.2, 0.25) is 0 Å². The minimum absolute atomic E-state index is 0.0848. The third-order valence-corrected chi connectivity index (χ3v) is 8.35. The van der Waals surface area contributed by atoms with Crippen LogP contribution in [-0.4, -0.2) is 37.6 Å². The number of carbonyl (C=O) groups excluding carboxylic acids is 1. The first-order chi connectivity index (χ1) is 16.0. The van der Waals surface area contributed by atoms with Crippen molar-refractivity contribution in [2.75, 3.05) is 22.4 Å². The molecule has 2 aliphatic heterocycles. The lowest BCUT2D eigenvalue weighted by Crippen LogP contribution is -2.39. The zero-order valence-electron chi connectivity index (χ0n) is 17.8. The summed E-state index contributed by atoms with van der Waals surface area (Å²) in [4.78, 5) is 18.7. The van der Waals surface area contributed by atoms with Gasteiger partial charge in [-0.1, -0.05) is 29.8 Å². The van der Waals surface area contributed by atoms with E-state index in [1.165, 1.54) is 21.3 Å². The van der Waals surface area contributed by atoms with Crippen LogP contribution >= 0.6 is 0 Å². The number of sulfonamides is 1. The molecule has 0 N–H and O–H groups in total. The molecule has 33 heavy (non-hydrogen) atoms. The summed E-state index contributed by atoms with van der Waals surface area (Å²) in [7, 11) is -3.81. The lowest BCUT2D eigenvalue weighted by molar-refractivity contribution is -0.121. The largest absolute Gasteiger partial charge is 0.482 e. The van der Waals surface area contributed by atoms with E-state index >= 15 is 0 Å². The highest BCUT2D eigenvalue weighted by molar-refractivity contribution is 7.92. The van der Waals surface area contributed by atoms with E-state index in [-0.39, 0.29) is 24.0 Å². The maximum atomic E-state index is 13.5. The molecule has 0 atom stereocenters. The van der Waals surface area contributed by atoms with Crippen molar-refractivity contribution < 1.29 is 22.5 Å². The number of rotatable bonds is 5. The Morgan fingerprint density at radius 1 is 1.09 bits per heavy atom. The molecule has 3 aromatic rings. The number of amides is 1. The smallest absolute Gasteiger partial charge is 0.265 e. The van der Waals surface area contributed by atoms with Gasteiger partial charge in [0.15, 0.2) is 12.4 Å². The molecule has 6 rings (SSSR count). The molecule has 0 spiro atoms. The molecule has 1 aliphatic carbocycles. The van der Waals surface area contributed by atoms with Crippen LogP contribution < -0.4 is 13.9 Å². The first-order valence-corrected chi connectivity index (χ1v) is 12.4. The zero-order valence-corrected chi connectivity index (χ0v) is 18.6. The van der Waals surface area contributed by atoms with Gasteiger partial charge in [0.05, 0.1) is 22.8 Å². The molecule has 0 bridgehead atoms. The summed E-state index contributed by atoms with van der Waals surface area (Å²) in [6.07, 6.45) is 3.87. The van der Waals surface area contributed by atoms with Crippen molar-refractivity contribution in [1.82, 2.24) is 10.1 Å². The molecule has 9 nitrogen and oxygen atoms in total. The molecule has 0 radical (unpaired) electrons. The number of hydrogen-bond donors (Lipinski definition) is 0. The van der Waals surface area contributed by atoms with Crippen molar-refractivity contribution >= 4 is 27.3 Å². The van der Waals surface area contributed by atoms with Gasteiger partial charge in [0, 0.05) is 12.5 Å². The number of hydrogen-bond acceptors (Lipinski definition) is 7. The van der Waals surface area contributed by atoms with Gasteiger partial charge < -0.3 is 9.26 Å². The van der Waals surface area contributed by atoms with Crippen molar-refractivity contribution in [1.29, 1.82) is 0 Å². The summed E-state index contributed by atoms with van der Waals surface area (Å²) >= 11 is 0. The SMILES string of the molecule is O=C1COc2ccc(S(=O)(=O)N3CCc4ccccc43)cc2N1Cc1noc(C2CCC2)n1. The molecule has 2 aromatic carbocycles. The molecule has 1 fully saturated rings. The number of carbonyl (C=O) groups is 1. The predicted molar refractivity (Wildman–Crippen MR) is 119 cm³/mol. The standard InChI is InChI=1S/C23H22N4O5S/c28-22-14-31-20-9-8-17(33(29,30)27-11-10-15-4-1-2-7-18(15)27)12-19(20)26(22)13-21-24-23(32-25-21)16-5-3-6-16/h1-2,4,7-9,12,16H,3,5-6,10-11,13-14H2. The lowest BCUT2D eigenvalue weighted by Gasteiger charge is -2.29. The Labute approximate surface area is 191 Å². The van der Waals surface area contributed by atoms with Crippen LogP contribution in [0.3, 0.4) is 0 Å². The summed E-state index contributed by atoms with van der Waals surface area (Å²) in [6, 6.07) is 12.1. The molecule has 3 heterocycles. The predicted octanol–water partition coefficient (Wildman–Crippen LogP) is 3.01. The Balaban J connectivity index is 1.33. The maximum Gasteiger partial charge on any atom is 0.265 e. The van der Waals surface area contributed by atoms with E-state index in [1.54, 1.807) is 6.07 Å². The Morgan fingerprint density at radius 2 is 1.94 bits per heavy atom. The average Bonchev–Trinajstić information content (AvgIpc) is 3.42. The van der Waals surface area contributed by atoms with Crippen LogP contribution in [0.15, 0.2) is 51.9 Å². The average molecular weight is 467 g/mol. The first kappa shape index (κ1) is 20.2. The quantitative estimate of drug-likeness (QED) is 0.569.